The number of benzene rings is 1. The summed E-state index contributed by atoms with van der Waals surface area (Å²) < 4.78 is 0. The van der Waals surface area contributed by atoms with E-state index in [2.05, 4.69) is 17.9 Å². The van der Waals surface area contributed by atoms with Crippen LogP contribution in [-0.2, 0) is 0 Å². The summed E-state index contributed by atoms with van der Waals surface area (Å²) in [5, 5.41) is 0. The van der Waals surface area contributed by atoms with Gasteiger partial charge in [0, 0.05) is 12.0 Å². The summed E-state index contributed by atoms with van der Waals surface area (Å²) in [5.74, 6) is 6.14. The quantitative estimate of drug-likeness (QED) is 0.433. The fraction of sp³-hybridized carbons (Fsp3) is 0.167. The van der Waals surface area contributed by atoms with Gasteiger partial charge in [0.05, 0.1) is 0 Å². The van der Waals surface area contributed by atoms with Crippen LogP contribution in [0.15, 0.2) is 42.5 Å². The molecule has 60 valence electrons. The molecule has 12 heavy (non-hydrogen) atoms. The van der Waals surface area contributed by atoms with Gasteiger partial charge in [0.25, 0.3) is 0 Å². The van der Waals surface area contributed by atoms with E-state index < -0.39 is 0 Å². The molecule has 0 unspecified atom stereocenters. The monoisotopic (exact) mass is 156 g/mol. The maximum atomic E-state index is 3.08. The highest BCUT2D eigenvalue weighted by Crippen LogP contribution is 1.94. The first-order chi connectivity index (χ1) is 5.93. The lowest BCUT2D eigenvalue weighted by Gasteiger charge is -1.84. The zero-order valence-corrected chi connectivity index (χ0v) is 7.25. The van der Waals surface area contributed by atoms with Crippen LogP contribution in [0.5, 0.6) is 0 Å². The van der Waals surface area contributed by atoms with Crippen molar-refractivity contribution in [3.05, 3.63) is 48.0 Å². The summed E-state index contributed by atoms with van der Waals surface area (Å²) in [4.78, 5) is 0. The van der Waals surface area contributed by atoms with Crippen molar-refractivity contribution in [2.24, 2.45) is 0 Å². The van der Waals surface area contributed by atoms with Crippen LogP contribution >= 0.6 is 0 Å². The van der Waals surface area contributed by atoms with Gasteiger partial charge in [-0.1, -0.05) is 42.2 Å². The molecule has 0 spiro atoms. The van der Waals surface area contributed by atoms with Crippen LogP contribution < -0.4 is 0 Å². The van der Waals surface area contributed by atoms with Crippen LogP contribution in [-0.4, -0.2) is 0 Å². The Labute approximate surface area is 73.9 Å². The van der Waals surface area contributed by atoms with Gasteiger partial charge in [-0.05, 0) is 19.1 Å². The molecular formula is C12H12. The van der Waals surface area contributed by atoms with E-state index in [1.807, 2.05) is 43.3 Å². The Kier molecular flexibility index (Phi) is 3.74. The molecule has 0 N–H and O–H groups in total. The molecule has 1 rings (SSSR count). The van der Waals surface area contributed by atoms with Crippen molar-refractivity contribution in [3.8, 4) is 11.8 Å². The highest BCUT2D eigenvalue weighted by Gasteiger charge is 1.79. The molecule has 0 heteroatoms. The van der Waals surface area contributed by atoms with Crippen molar-refractivity contribution in [2.45, 2.75) is 13.3 Å². The third-order valence-corrected chi connectivity index (χ3v) is 1.46. The average Bonchev–Trinajstić information content (AvgIpc) is 2.14. The first-order valence-electron chi connectivity index (χ1n) is 4.08. The third-order valence-electron chi connectivity index (χ3n) is 1.46. The zero-order chi connectivity index (χ0) is 8.65. The van der Waals surface area contributed by atoms with E-state index in [1.54, 1.807) is 0 Å². The molecule has 1 aromatic rings. The van der Waals surface area contributed by atoms with Crippen LogP contribution in [0.3, 0.4) is 0 Å². The van der Waals surface area contributed by atoms with E-state index in [0.29, 0.717) is 0 Å². The SMILES string of the molecule is C/C=C/CC#Cc1ccccc1. The van der Waals surface area contributed by atoms with Crippen LogP contribution in [0.25, 0.3) is 0 Å². The Hall–Kier alpha value is -1.48. The summed E-state index contributed by atoms with van der Waals surface area (Å²) in [5.41, 5.74) is 1.09. The molecule has 0 saturated carbocycles. The molecule has 0 heterocycles. The van der Waals surface area contributed by atoms with Gasteiger partial charge in [0.15, 0.2) is 0 Å². The van der Waals surface area contributed by atoms with Gasteiger partial charge in [0.2, 0.25) is 0 Å². The number of hydrogen-bond acceptors (Lipinski definition) is 0. The van der Waals surface area contributed by atoms with Crippen molar-refractivity contribution in [1.29, 1.82) is 0 Å². The minimum atomic E-state index is 0.839. The Morgan fingerprint density at radius 3 is 2.67 bits per heavy atom. The summed E-state index contributed by atoms with van der Waals surface area (Å²) in [6.45, 7) is 2.00. The molecule has 0 bridgehead atoms. The first kappa shape index (κ1) is 8.62. The summed E-state index contributed by atoms with van der Waals surface area (Å²) in [6.07, 6.45) is 4.90. The van der Waals surface area contributed by atoms with Gasteiger partial charge in [-0.2, -0.15) is 0 Å². The Morgan fingerprint density at radius 2 is 2.00 bits per heavy atom. The number of hydrogen-bond donors (Lipinski definition) is 0. The van der Waals surface area contributed by atoms with Crippen molar-refractivity contribution in [3.63, 3.8) is 0 Å². The van der Waals surface area contributed by atoms with Gasteiger partial charge < -0.3 is 0 Å². The maximum Gasteiger partial charge on any atom is 0.0273 e. The van der Waals surface area contributed by atoms with E-state index >= 15 is 0 Å². The largest absolute Gasteiger partial charge is 0.0937 e. The van der Waals surface area contributed by atoms with E-state index in [-0.39, 0.29) is 0 Å². The zero-order valence-electron chi connectivity index (χ0n) is 7.25. The van der Waals surface area contributed by atoms with Crippen LogP contribution in [0.1, 0.15) is 18.9 Å². The third kappa shape index (κ3) is 3.07. The molecule has 0 saturated heterocycles. The van der Waals surface area contributed by atoms with Gasteiger partial charge in [0.1, 0.15) is 0 Å². The molecule has 0 aliphatic heterocycles. The molecule has 0 amide bonds. The topological polar surface area (TPSA) is 0 Å². The molecular weight excluding hydrogens is 144 g/mol. The van der Waals surface area contributed by atoms with E-state index in [1.165, 1.54) is 0 Å². The van der Waals surface area contributed by atoms with Crippen molar-refractivity contribution < 1.29 is 0 Å². The molecule has 0 aliphatic carbocycles. The minimum absolute atomic E-state index is 0.839. The highest BCUT2D eigenvalue weighted by atomic mass is 13.8. The summed E-state index contributed by atoms with van der Waals surface area (Å²) in [7, 11) is 0. The van der Waals surface area contributed by atoms with E-state index in [4.69, 9.17) is 0 Å². The summed E-state index contributed by atoms with van der Waals surface area (Å²) in [6, 6.07) is 10.0. The van der Waals surface area contributed by atoms with Crippen LogP contribution in [0.4, 0.5) is 0 Å². The number of allylic oxidation sites excluding steroid dienone is 2. The van der Waals surface area contributed by atoms with Crippen molar-refractivity contribution in [2.75, 3.05) is 0 Å². The Balaban J connectivity index is 2.55. The summed E-state index contributed by atoms with van der Waals surface area (Å²) >= 11 is 0. The lowest BCUT2D eigenvalue weighted by atomic mass is 10.2. The molecule has 0 fully saturated rings. The normalized spacial score (nSPS) is 9.42. The van der Waals surface area contributed by atoms with Gasteiger partial charge in [-0.3, -0.25) is 0 Å². The van der Waals surface area contributed by atoms with E-state index in [0.717, 1.165) is 12.0 Å². The minimum Gasteiger partial charge on any atom is -0.0937 e. The van der Waals surface area contributed by atoms with Crippen LogP contribution in [0, 0.1) is 11.8 Å². The molecule has 0 radical (unpaired) electrons. The molecule has 0 atom stereocenters. The molecule has 1 aromatic carbocycles. The highest BCUT2D eigenvalue weighted by molar-refractivity contribution is 5.33. The lowest BCUT2D eigenvalue weighted by Crippen LogP contribution is -1.69. The van der Waals surface area contributed by atoms with Gasteiger partial charge >= 0.3 is 0 Å². The number of rotatable bonds is 1. The average molecular weight is 156 g/mol. The van der Waals surface area contributed by atoms with Crippen molar-refractivity contribution >= 4 is 0 Å². The maximum absolute atomic E-state index is 3.08. The molecule has 0 aliphatic rings. The first-order valence-corrected chi connectivity index (χ1v) is 4.08. The second-order valence-electron chi connectivity index (χ2n) is 2.44. The van der Waals surface area contributed by atoms with Crippen LogP contribution in [0.2, 0.25) is 0 Å². The van der Waals surface area contributed by atoms with Gasteiger partial charge in [-0.15, -0.1) is 0 Å². The fourth-order valence-corrected chi connectivity index (χ4v) is 0.851. The standard InChI is InChI=1S/C12H12/c1-2-3-4-6-9-12-10-7-5-8-11-12/h2-3,5,7-8,10-11H,4H2,1H3/b3-2+. The predicted octanol–water partition coefficient (Wildman–Crippen LogP) is 3.00. The second kappa shape index (κ2) is 5.21. The smallest absolute Gasteiger partial charge is 0.0273 e. The van der Waals surface area contributed by atoms with E-state index in [9.17, 15) is 0 Å². The predicted molar refractivity (Wildman–Crippen MR) is 52.8 cm³/mol. The lowest BCUT2D eigenvalue weighted by molar-refractivity contribution is 1.44. The Bertz CT molecular complexity index is 296. The van der Waals surface area contributed by atoms with Crippen molar-refractivity contribution in [1.82, 2.24) is 0 Å². The molecule has 0 aromatic heterocycles. The van der Waals surface area contributed by atoms with Gasteiger partial charge in [-0.25, -0.2) is 0 Å². The fourth-order valence-electron chi connectivity index (χ4n) is 0.851. The second-order valence-corrected chi connectivity index (χ2v) is 2.44. The molecule has 0 nitrogen and oxygen atoms in total. The Morgan fingerprint density at radius 1 is 1.25 bits per heavy atom.